The Morgan fingerprint density at radius 2 is 1.53 bits per heavy atom. The molecule has 4 aromatic carbocycles. The van der Waals surface area contributed by atoms with E-state index in [-0.39, 0.29) is 5.91 Å². The Morgan fingerprint density at radius 3 is 2.13 bits per heavy atom. The molecule has 0 unspecified atom stereocenters. The summed E-state index contributed by atoms with van der Waals surface area (Å²) in [5.41, 5.74) is 8.42. The first kappa shape index (κ1) is 29.2. The van der Waals surface area contributed by atoms with Crippen molar-refractivity contribution in [2.75, 3.05) is 31.7 Å². The summed E-state index contributed by atoms with van der Waals surface area (Å²) < 4.78 is 11.3. The van der Waals surface area contributed by atoms with E-state index in [4.69, 9.17) is 14.5 Å². The highest BCUT2D eigenvalue weighted by Gasteiger charge is 2.35. The van der Waals surface area contributed by atoms with Crippen molar-refractivity contribution in [3.8, 4) is 11.5 Å². The van der Waals surface area contributed by atoms with Gasteiger partial charge in [-0.3, -0.25) is 4.79 Å². The van der Waals surface area contributed by atoms with Crippen LogP contribution in [-0.2, 0) is 4.79 Å². The van der Waals surface area contributed by atoms with Crippen molar-refractivity contribution in [2.45, 2.75) is 38.0 Å². The van der Waals surface area contributed by atoms with Crippen molar-refractivity contribution in [1.29, 1.82) is 0 Å². The fourth-order valence-electron chi connectivity index (χ4n) is 6.76. The number of amidine groups is 1. The molecule has 3 aliphatic heterocycles. The number of rotatable bonds is 8. The average Bonchev–Trinajstić information content (AvgIpc) is 3.42. The van der Waals surface area contributed by atoms with Crippen molar-refractivity contribution < 1.29 is 14.3 Å². The average molecular weight is 616 g/mol. The topological polar surface area (TPSA) is 63.2 Å². The van der Waals surface area contributed by atoms with Crippen molar-refractivity contribution in [3.05, 3.63) is 124 Å². The van der Waals surface area contributed by atoms with Crippen LogP contribution in [-0.4, -0.2) is 37.9 Å². The first-order valence-corrected chi connectivity index (χ1v) is 16.6. The molecule has 7 rings (SSSR count). The molecule has 3 aliphatic rings. The second kappa shape index (κ2) is 12.9. The number of carbonyl (C=O) groups is 1. The van der Waals surface area contributed by atoms with Crippen LogP contribution in [0.2, 0.25) is 0 Å². The van der Waals surface area contributed by atoms with Gasteiger partial charge in [0, 0.05) is 30.6 Å². The molecule has 4 aromatic rings. The molecule has 45 heavy (non-hydrogen) atoms. The maximum absolute atomic E-state index is 13.1. The van der Waals surface area contributed by atoms with E-state index in [0.717, 1.165) is 43.6 Å². The number of nitrogens with zero attached hydrogens (tertiary/aromatic N) is 2. The van der Waals surface area contributed by atoms with Crippen LogP contribution >= 0.6 is 11.8 Å². The molecule has 1 N–H and O–H groups in total. The van der Waals surface area contributed by atoms with Crippen LogP contribution in [0.25, 0.3) is 6.08 Å². The van der Waals surface area contributed by atoms with Crippen LogP contribution in [0.15, 0.2) is 101 Å². The van der Waals surface area contributed by atoms with E-state index in [1.807, 2.05) is 24.3 Å². The van der Waals surface area contributed by atoms with Gasteiger partial charge in [0.25, 0.3) is 5.91 Å². The molecule has 6 nitrogen and oxygen atoms in total. The third-order valence-corrected chi connectivity index (χ3v) is 9.74. The lowest BCUT2D eigenvalue weighted by atomic mass is 9.76. The summed E-state index contributed by atoms with van der Waals surface area (Å²) in [7, 11) is 1.63. The van der Waals surface area contributed by atoms with Gasteiger partial charge in [-0.2, -0.15) is 0 Å². The molecule has 1 amide bonds. The summed E-state index contributed by atoms with van der Waals surface area (Å²) in [6, 6.07) is 31.9. The first-order chi connectivity index (χ1) is 22.1. The Kier molecular flexibility index (Phi) is 8.35. The number of methoxy groups -OCH3 is 1. The van der Waals surface area contributed by atoms with E-state index in [0.29, 0.717) is 40.0 Å². The van der Waals surface area contributed by atoms with E-state index < -0.39 is 0 Å². The molecule has 0 bridgehead atoms. The molecule has 2 atom stereocenters. The SMILES string of the molecule is CCCOc1ccc(/C=C2\SC(=Nc3cc4c5c(c3)[C@H](c3ccccc3)CCN5CC[C@@H]4c3ccccc3)NC2=O)cc1OC. The van der Waals surface area contributed by atoms with Gasteiger partial charge in [-0.1, -0.05) is 73.7 Å². The fourth-order valence-corrected chi connectivity index (χ4v) is 7.60. The van der Waals surface area contributed by atoms with Crippen molar-refractivity contribution >= 4 is 40.3 Å². The quantitative estimate of drug-likeness (QED) is 0.202. The van der Waals surface area contributed by atoms with Crippen LogP contribution in [0.5, 0.6) is 11.5 Å². The first-order valence-electron chi connectivity index (χ1n) is 15.7. The second-order valence-electron chi connectivity index (χ2n) is 11.7. The summed E-state index contributed by atoms with van der Waals surface area (Å²) >= 11 is 1.37. The zero-order chi connectivity index (χ0) is 30.8. The zero-order valence-electron chi connectivity index (χ0n) is 25.7. The minimum absolute atomic E-state index is 0.154. The number of benzene rings is 4. The number of amides is 1. The standard InChI is InChI=1S/C38H37N3O3S/c1-3-20-44-33-15-14-25(21-34(33)43-2)22-35-37(42)40-38(45-35)39-28-23-31-29(26-10-6-4-7-11-26)16-18-41-19-17-30(32(24-28)36(31)41)27-12-8-5-9-13-27/h4-15,21-24,29-30H,3,16-20H2,1-2H3,(H,39,40,42)/b35-22-/t29-,30+. The number of thioether (sulfide) groups is 1. The van der Waals surface area contributed by atoms with E-state index >= 15 is 0 Å². The molecule has 1 saturated heterocycles. The largest absolute Gasteiger partial charge is 0.493 e. The number of anilines is 1. The maximum atomic E-state index is 13.1. The number of nitrogens with one attached hydrogen (secondary N) is 1. The second-order valence-corrected chi connectivity index (χ2v) is 12.7. The Labute approximate surface area is 269 Å². The molecule has 228 valence electrons. The van der Waals surface area contributed by atoms with Crippen LogP contribution in [0.3, 0.4) is 0 Å². The van der Waals surface area contributed by atoms with Crippen LogP contribution < -0.4 is 19.7 Å². The van der Waals surface area contributed by atoms with Crippen molar-refractivity contribution in [1.82, 2.24) is 5.32 Å². The predicted molar refractivity (Wildman–Crippen MR) is 184 cm³/mol. The third kappa shape index (κ3) is 5.97. The lowest BCUT2D eigenvalue weighted by Gasteiger charge is -2.43. The van der Waals surface area contributed by atoms with E-state index in [1.54, 1.807) is 7.11 Å². The van der Waals surface area contributed by atoms with E-state index in [1.165, 1.54) is 39.7 Å². The normalized spacial score (nSPS) is 20.7. The fraction of sp³-hybridized carbons (Fsp3) is 0.263. The van der Waals surface area contributed by atoms with Gasteiger partial charge in [0.05, 0.1) is 24.3 Å². The monoisotopic (exact) mass is 615 g/mol. The van der Waals surface area contributed by atoms with E-state index in [2.05, 4.69) is 89.9 Å². The Morgan fingerprint density at radius 1 is 0.889 bits per heavy atom. The highest BCUT2D eigenvalue weighted by atomic mass is 32.2. The Hall–Kier alpha value is -4.49. The maximum Gasteiger partial charge on any atom is 0.264 e. The van der Waals surface area contributed by atoms with Crippen LogP contribution in [0.1, 0.15) is 65.8 Å². The lowest BCUT2D eigenvalue weighted by molar-refractivity contribution is -0.115. The molecule has 0 radical (unpaired) electrons. The summed E-state index contributed by atoms with van der Waals surface area (Å²) in [4.78, 5) is 21.3. The number of hydrogen-bond acceptors (Lipinski definition) is 6. The molecule has 0 saturated carbocycles. The van der Waals surface area contributed by atoms with Gasteiger partial charge >= 0.3 is 0 Å². The smallest absolute Gasteiger partial charge is 0.264 e. The molecule has 0 spiro atoms. The summed E-state index contributed by atoms with van der Waals surface area (Å²) in [6.07, 6.45) is 4.92. The molecular weight excluding hydrogens is 579 g/mol. The number of hydrogen-bond donors (Lipinski definition) is 1. The summed E-state index contributed by atoms with van der Waals surface area (Å²) in [5, 5.41) is 3.59. The summed E-state index contributed by atoms with van der Waals surface area (Å²) in [5.74, 6) is 1.79. The van der Waals surface area contributed by atoms with Gasteiger partial charge in [-0.25, -0.2) is 4.99 Å². The number of carbonyl (C=O) groups excluding carboxylic acids is 1. The molecule has 1 fully saturated rings. The van der Waals surface area contributed by atoms with Crippen molar-refractivity contribution in [3.63, 3.8) is 0 Å². The number of aliphatic imine (C=N–C) groups is 1. The molecule has 7 heteroatoms. The van der Waals surface area contributed by atoms with E-state index in [9.17, 15) is 4.79 Å². The van der Waals surface area contributed by atoms with Gasteiger partial charge in [0.1, 0.15) is 0 Å². The van der Waals surface area contributed by atoms with Gasteiger partial charge in [-0.05, 0) is 89.2 Å². The summed E-state index contributed by atoms with van der Waals surface area (Å²) in [6.45, 7) is 4.78. The van der Waals surface area contributed by atoms with Gasteiger partial charge < -0.3 is 19.7 Å². The highest BCUT2D eigenvalue weighted by molar-refractivity contribution is 8.18. The third-order valence-electron chi connectivity index (χ3n) is 8.83. The molecular formula is C38H37N3O3S. The lowest BCUT2D eigenvalue weighted by Crippen LogP contribution is -2.37. The Bertz CT molecular complexity index is 1700. The number of ether oxygens (including phenoxy) is 2. The predicted octanol–water partition coefficient (Wildman–Crippen LogP) is 8.25. The minimum atomic E-state index is -0.154. The van der Waals surface area contributed by atoms with Gasteiger partial charge in [-0.15, -0.1) is 0 Å². The highest BCUT2D eigenvalue weighted by Crippen LogP contribution is 2.50. The van der Waals surface area contributed by atoms with Crippen LogP contribution in [0.4, 0.5) is 11.4 Å². The van der Waals surface area contributed by atoms with Gasteiger partial charge in [0.2, 0.25) is 0 Å². The molecule has 0 aromatic heterocycles. The zero-order valence-corrected chi connectivity index (χ0v) is 26.5. The molecule has 3 heterocycles. The molecule has 0 aliphatic carbocycles. The van der Waals surface area contributed by atoms with Gasteiger partial charge in [0.15, 0.2) is 16.7 Å². The minimum Gasteiger partial charge on any atom is -0.493 e. The Balaban J connectivity index is 1.25. The van der Waals surface area contributed by atoms with Crippen LogP contribution in [0, 0.1) is 0 Å². The van der Waals surface area contributed by atoms with Crippen molar-refractivity contribution in [2.24, 2.45) is 4.99 Å².